The van der Waals surface area contributed by atoms with Crippen molar-refractivity contribution in [2.24, 2.45) is 5.73 Å². The quantitative estimate of drug-likeness (QED) is 0.342. The minimum atomic E-state index is -0.521. The van der Waals surface area contributed by atoms with Crippen molar-refractivity contribution in [1.82, 2.24) is 14.8 Å². The molecule has 1 atom stereocenters. The van der Waals surface area contributed by atoms with Crippen LogP contribution < -0.4 is 5.73 Å². The molecule has 0 saturated carbocycles. The monoisotopic (exact) mass is 428 g/mol. The molecule has 29 heavy (non-hydrogen) atoms. The Labute approximate surface area is 180 Å². The number of primary amides is 1. The van der Waals surface area contributed by atoms with E-state index in [1.165, 1.54) is 24.6 Å². The number of amides is 1. The largest absolute Gasteiger partial charge is 0.368 e. The van der Waals surface area contributed by atoms with Crippen LogP contribution in [0.2, 0.25) is 5.02 Å². The first-order chi connectivity index (χ1) is 14.1. The van der Waals surface area contributed by atoms with E-state index in [2.05, 4.69) is 21.7 Å². The molecule has 3 rings (SSSR count). The summed E-state index contributed by atoms with van der Waals surface area (Å²) < 4.78 is 2.09. The zero-order chi connectivity index (χ0) is 20.6. The van der Waals surface area contributed by atoms with Crippen molar-refractivity contribution >= 4 is 29.3 Å². The molecule has 152 valence electrons. The van der Waals surface area contributed by atoms with Gasteiger partial charge in [-0.2, -0.15) is 0 Å². The third-order valence-corrected chi connectivity index (χ3v) is 6.14. The molecule has 0 bridgehead atoms. The van der Waals surface area contributed by atoms with Crippen LogP contribution in [0.3, 0.4) is 0 Å². The van der Waals surface area contributed by atoms with Crippen LogP contribution in [0.4, 0.5) is 0 Å². The molecule has 3 aromatic rings. The average molecular weight is 429 g/mol. The fraction of sp³-hybridized carbons (Fsp3) is 0.318. The molecule has 5 nitrogen and oxygen atoms in total. The number of benzene rings is 2. The maximum Gasteiger partial charge on any atom is 0.235 e. The first-order valence-corrected chi connectivity index (χ1v) is 11.1. The van der Waals surface area contributed by atoms with Gasteiger partial charge < -0.3 is 10.3 Å². The highest BCUT2D eigenvalue weighted by molar-refractivity contribution is 8.00. The Morgan fingerprint density at radius 3 is 2.45 bits per heavy atom. The maximum atomic E-state index is 12.2. The van der Waals surface area contributed by atoms with Gasteiger partial charge in [-0.3, -0.25) is 4.79 Å². The number of carbonyl (C=O) groups is 1. The number of hydrogen-bond donors (Lipinski definition) is 1. The standard InChI is InChI=1S/C22H25ClN4OS/c1-2-3-4-8-15-27-21(17-11-13-18(23)14-12-17)25-26-22(27)29-19(20(24)28)16-9-6-5-7-10-16/h5-7,9-14,19H,2-4,8,15H2,1H3,(H2,24,28). The molecule has 1 unspecified atom stereocenters. The molecular weight excluding hydrogens is 404 g/mol. The molecule has 1 heterocycles. The third-order valence-electron chi connectivity index (χ3n) is 4.64. The van der Waals surface area contributed by atoms with Crippen molar-refractivity contribution in [3.8, 4) is 11.4 Å². The van der Waals surface area contributed by atoms with E-state index in [1.807, 2.05) is 54.6 Å². The molecule has 2 aromatic carbocycles. The zero-order valence-electron chi connectivity index (χ0n) is 16.4. The van der Waals surface area contributed by atoms with Gasteiger partial charge in [0.1, 0.15) is 5.25 Å². The zero-order valence-corrected chi connectivity index (χ0v) is 18.0. The van der Waals surface area contributed by atoms with E-state index in [4.69, 9.17) is 17.3 Å². The average Bonchev–Trinajstić information content (AvgIpc) is 3.13. The Morgan fingerprint density at radius 2 is 1.79 bits per heavy atom. The van der Waals surface area contributed by atoms with E-state index in [-0.39, 0.29) is 0 Å². The molecule has 0 aliphatic carbocycles. The fourth-order valence-corrected chi connectivity index (χ4v) is 4.25. The van der Waals surface area contributed by atoms with Crippen LogP contribution in [0.5, 0.6) is 0 Å². The molecule has 7 heteroatoms. The molecule has 2 N–H and O–H groups in total. The summed E-state index contributed by atoms with van der Waals surface area (Å²) in [5.74, 6) is 0.381. The molecule has 0 fully saturated rings. The second-order valence-corrected chi connectivity index (χ2v) is 8.35. The SMILES string of the molecule is CCCCCCn1c(SC(C(N)=O)c2ccccc2)nnc1-c1ccc(Cl)cc1. The second kappa shape index (κ2) is 10.5. The van der Waals surface area contributed by atoms with Crippen LogP contribution >= 0.6 is 23.4 Å². The van der Waals surface area contributed by atoms with Gasteiger partial charge in [0.25, 0.3) is 0 Å². The molecule has 1 aromatic heterocycles. The minimum Gasteiger partial charge on any atom is -0.368 e. The molecule has 0 aliphatic heterocycles. The smallest absolute Gasteiger partial charge is 0.235 e. The number of thioether (sulfide) groups is 1. The van der Waals surface area contributed by atoms with Gasteiger partial charge in [-0.05, 0) is 36.2 Å². The first kappa shape index (κ1) is 21.4. The van der Waals surface area contributed by atoms with Crippen molar-refractivity contribution in [3.63, 3.8) is 0 Å². The van der Waals surface area contributed by atoms with E-state index in [1.54, 1.807) is 0 Å². The van der Waals surface area contributed by atoms with Crippen molar-refractivity contribution in [2.75, 3.05) is 0 Å². The number of nitrogens with zero attached hydrogens (tertiary/aromatic N) is 3. The van der Waals surface area contributed by atoms with Gasteiger partial charge in [0, 0.05) is 17.1 Å². The number of aromatic nitrogens is 3. The lowest BCUT2D eigenvalue weighted by Gasteiger charge is -2.15. The lowest BCUT2D eigenvalue weighted by Crippen LogP contribution is -2.19. The topological polar surface area (TPSA) is 73.8 Å². The van der Waals surface area contributed by atoms with Crippen molar-refractivity contribution in [3.05, 3.63) is 65.2 Å². The summed E-state index contributed by atoms with van der Waals surface area (Å²) in [7, 11) is 0. The van der Waals surface area contributed by atoms with Gasteiger partial charge in [0.15, 0.2) is 11.0 Å². The molecule has 0 aliphatic rings. The van der Waals surface area contributed by atoms with E-state index in [9.17, 15) is 4.79 Å². The summed E-state index contributed by atoms with van der Waals surface area (Å²) in [6, 6.07) is 17.1. The van der Waals surface area contributed by atoms with Gasteiger partial charge in [0.05, 0.1) is 0 Å². The first-order valence-electron chi connectivity index (χ1n) is 9.80. The predicted molar refractivity (Wildman–Crippen MR) is 119 cm³/mol. The van der Waals surface area contributed by atoms with E-state index >= 15 is 0 Å². The van der Waals surface area contributed by atoms with Gasteiger partial charge in [-0.15, -0.1) is 10.2 Å². The van der Waals surface area contributed by atoms with Crippen LogP contribution in [-0.4, -0.2) is 20.7 Å². The van der Waals surface area contributed by atoms with Crippen LogP contribution in [0.1, 0.15) is 43.4 Å². The van der Waals surface area contributed by atoms with Crippen molar-refractivity contribution in [2.45, 2.75) is 49.6 Å². The Hall–Kier alpha value is -2.31. The van der Waals surface area contributed by atoms with Gasteiger partial charge in [-0.1, -0.05) is 79.9 Å². The predicted octanol–water partition coefficient (Wildman–Crippen LogP) is 5.50. The third kappa shape index (κ3) is 5.61. The van der Waals surface area contributed by atoms with Gasteiger partial charge in [-0.25, -0.2) is 0 Å². The highest BCUT2D eigenvalue weighted by Crippen LogP contribution is 2.36. The summed E-state index contributed by atoms with van der Waals surface area (Å²) >= 11 is 7.38. The maximum absolute atomic E-state index is 12.2. The fourth-order valence-electron chi connectivity index (χ4n) is 3.11. The van der Waals surface area contributed by atoms with Crippen LogP contribution in [0.25, 0.3) is 11.4 Å². The van der Waals surface area contributed by atoms with E-state index in [0.29, 0.717) is 10.2 Å². The minimum absolute atomic E-state index is 0.394. The molecular formula is C22H25ClN4OS. The van der Waals surface area contributed by atoms with Gasteiger partial charge >= 0.3 is 0 Å². The highest BCUT2D eigenvalue weighted by Gasteiger charge is 2.24. The van der Waals surface area contributed by atoms with Crippen molar-refractivity contribution < 1.29 is 4.79 Å². The number of rotatable bonds is 10. The Balaban J connectivity index is 1.92. The molecule has 0 spiro atoms. The van der Waals surface area contributed by atoms with Crippen LogP contribution in [-0.2, 0) is 11.3 Å². The number of hydrogen-bond acceptors (Lipinski definition) is 4. The normalized spacial score (nSPS) is 12.1. The lowest BCUT2D eigenvalue weighted by atomic mass is 10.1. The molecule has 0 saturated heterocycles. The van der Waals surface area contributed by atoms with Crippen molar-refractivity contribution in [1.29, 1.82) is 0 Å². The Morgan fingerprint density at radius 1 is 1.07 bits per heavy atom. The molecule has 1 amide bonds. The summed E-state index contributed by atoms with van der Waals surface area (Å²) in [5, 5.41) is 9.66. The van der Waals surface area contributed by atoms with Gasteiger partial charge in [0.2, 0.25) is 5.91 Å². The number of unbranched alkanes of at least 4 members (excludes halogenated alkanes) is 3. The van der Waals surface area contributed by atoms with Crippen LogP contribution in [0, 0.1) is 0 Å². The number of halogens is 1. The Kier molecular flexibility index (Phi) is 7.72. The van der Waals surface area contributed by atoms with E-state index < -0.39 is 11.2 Å². The summed E-state index contributed by atoms with van der Waals surface area (Å²) in [5.41, 5.74) is 7.51. The molecule has 0 radical (unpaired) electrons. The lowest BCUT2D eigenvalue weighted by molar-refractivity contribution is -0.117. The Bertz CT molecular complexity index is 928. The number of carbonyl (C=O) groups excluding carboxylic acids is 1. The summed E-state index contributed by atoms with van der Waals surface area (Å²) in [6.07, 6.45) is 4.52. The summed E-state index contributed by atoms with van der Waals surface area (Å²) in [4.78, 5) is 12.2. The van der Waals surface area contributed by atoms with Crippen LogP contribution in [0.15, 0.2) is 59.8 Å². The van der Waals surface area contributed by atoms with E-state index in [0.717, 1.165) is 36.3 Å². The second-order valence-electron chi connectivity index (χ2n) is 6.84. The number of nitrogens with two attached hydrogens (primary N) is 1. The summed E-state index contributed by atoms with van der Waals surface area (Å²) in [6.45, 7) is 2.98. The highest BCUT2D eigenvalue weighted by atomic mass is 35.5.